The van der Waals surface area contributed by atoms with Crippen molar-refractivity contribution >= 4 is 22.9 Å². The number of allylic oxidation sites excluding steroid dienone is 5. The molecule has 0 aromatic heterocycles. The van der Waals surface area contributed by atoms with Crippen LogP contribution in [0.3, 0.4) is 0 Å². The molecule has 5 nitrogen and oxygen atoms in total. The van der Waals surface area contributed by atoms with Gasteiger partial charge < -0.3 is 15.1 Å². The van der Waals surface area contributed by atoms with Crippen LogP contribution < -0.4 is 10.0 Å². The molecule has 0 spiro atoms. The second-order valence-electron chi connectivity index (χ2n) is 8.98. The molecular formula is C34H38N2O3. The first-order valence-corrected chi connectivity index (χ1v) is 13.6. The summed E-state index contributed by atoms with van der Waals surface area (Å²) < 4.78 is 2.38. The summed E-state index contributed by atoms with van der Waals surface area (Å²) in [6.07, 6.45) is 9.01. The standard InChI is InChI=1S/C27H33N2.C7H6O3/c1-5-28(6-2)25-18-14-23(15-19-25)27(22-12-10-9-11-13-22)24-16-20-26(21-17-24)29(7-3)8-4;8-6-4-2-1-3-5(6)7(9)10/h9-21H,5-8H2,1-4H3;1-4,8H,(H,9,10)/q+1;/p-1. The van der Waals surface area contributed by atoms with Crippen molar-refractivity contribution in [2.24, 2.45) is 0 Å². The maximum atomic E-state index is 10.7. The summed E-state index contributed by atoms with van der Waals surface area (Å²) in [7, 11) is 0. The zero-order chi connectivity index (χ0) is 28.2. The maximum Gasteiger partial charge on any atom is 0.335 e. The third-order valence-corrected chi connectivity index (χ3v) is 6.75. The lowest BCUT2D eigenvalue weighted by Crippen LogP contribution is -2.21. The molecule has 3 aromatic carbocycles. The van der Waals surface area contributed by atoms with Crippen LogP contribution in [0, 0.1) is 0 Å². The van der Waals surface area contributed by atoms with E-state index in [1.165, 1.54) is 57.9 Å². The van der Waals surface area contributed by atoms with Crippen LogP contribution in [-0.2, 0) is 0 Å². The highest BCUT2D eigenvalue weighted by Crippen LogP contribution is 2.31. The van der Waals surface area contributed by atoms with E-state index in [4.69, 9.17) is 5.11 Å². The lowest BCUT2D eigenvalue weighted by atomic mass is 9.90. The first-order valence-electron chi connectivity index (χ1n) is 13.6. The van der Waals surface area contributed by atoms with Gasteiger partial charge >= 0.3 is 5.97 Å². The number of aromatic carboxylic acids is 1. The molecule has 0 bridgehead atoms. The van der Waals surface area contributed by atoms with Crippen LogP contribution in [0.1, 0.15) is 49.2 Å². The number of hydrogen-bond acceptors (Lipinski definition) is 3. The van der Waals surface area contributed by atoms with Gasteiger partial charge in [-0.3, -0.25) is 0 Å². The zero-order valence-corrected chi connectivity index (χ0v) is 23.3. The van der Waals surface area contributed by atoms with Gasteiger partial charge in [0.05, 0.1) is 5.56 Å². The van der Waals surface area contributed by atoms with Crippen LogP contribution in [0.4, 0.5) is 5.69 Å². The summed E-state index contributed by atoms with van der Waals surface area (Å²) in [5, 5.41) is 19.0. The SMILES string of the molecule is CCN(CC)c1ccc(C(=C2C=CC(=[N+](CC)CC)C=C2)c2ccccc2)cc1.O=C(O)c1ccccc1[O-]. The largest absolute Gasteiger partial charge is 0.872 e. The molecule has 0 unspecified atom stereocenters. The van der Waals surface area contributed by atoms with E-state index in [2.05, 4.69) is 116 Å². The molecule has 202 valence electrons. The second kappa shape index (κ2) is 14.5. The Kier molecular flexibility index (Phi) is 10.9. The van der Waals surface area contributed by atoms with E-state index in [1.54, 1.807) is 0 Å². The number of benzene rings is 3. The summed E-state index contributed by atoms with van der Waals surface area (Å²) in [5.74, 6) is -1.62. The Labute approximate surface area is 232 Å². The van der Waals surface area contributed by atoms with Crippen molar-refractivity contribution in [1.29, 1.82) is 0 Å². The molecule has 0 fully saturated rings. The summed E-state index contributed by atoms with van der Waals surface area (Å²) in [6.45, 7) is 12.9. The Bertz CT molecular complexity index is 1340. The van der Waals surface area contributed by atoms with E-state index in [0.29, 0.717) is 0 Å². The van der Waals surface area contributed by atoms with Gasteiger partial charge in [-0.1, -0.05) is 66.4 Å². The highest BCUT2D eigenvalue weighted by atomic mass is 16.4. The summed E-state index contributed by atoms with van der Waals surface area (Å²) in [4.78, 5) is 12.6. The minimum atomic E-state index is -1.18. The summed E-state index contributed by atoms with van der Waals surface area (Å²) in [6, 6.07) is 25.3. The predicted molar refractivity (Wildman–Crippen MR) is 160 cm³/mol. The highest BCUT2D eigenvalue weighted by molar-refractivity contribution is 6.04. The van der Waals surface area contributed by atoms with Gasteiger partial charge in [-0.25, -0.2) is 9.37 Å². The lowest BCUT2D eigenvalue weighted by Gasteiger charge is -2.22. The first kappa shape index (κ1) is 29.2. The second-order valence-corrected chi connectivity index (χ2v) is 8.98. The molecule has 5 heteroatoms. The Balaban J connectivity index is 0.000000353. The molecule has 0 saturated carbocycles. The number of para-hydroxylation sites is 1. The Hall–Kier alpha value is -4.38. The normalized spacial score (nSPS) is 12.0. The van der Waals surface area contributed by atoms with E-state index in [0.717, 1.165) is 26.2 Å². The molecule has 0 heterocycles. The van der Waals surface area contributed by atoms with Crippen LogP contribution in [0.25, 0.3) is 5.57 Å². The van der Waals surface area contributed by atoms with Crippen molar-refractivity contribution in [3.05, 3.63) is 125 Å². The van der Waals surface area contributed by atoms with Gasteiger partial charge in [0.15, 0.2) is 5.71 Å². The van der Waals surface area contributed by atoms with Gasteiger partial charge in [0.2, 0.25) is 0 Å². The smallest absolute Gasteiger partial charge is 0.335 e. The van der Waals surface area contributed by atoms with Crippen molar-refractivity contribution in [3.8, 4) is 5.75 Å². The monoisotopic (exact) mass is 522 g/mol. The fraction of sp³-hybridized carbons (Fsp3) is 0.235. The molecule has 1 aliphatic rings. The number of carboxylic acids is 1. The fourth-order valence-electron chi connectivity index (χ4n) is 4.60. The van der Waals surface area contributed by atoms with Gasteiger partial charge in [0.25, 0.3) is 0 Å². The van der Waals surface area contributed by atoms with Crippen LogP contribution in [0.2, 0.25) is 0 Å². The van der Waals surface area contributed by atoms with Crippen molar-refractivity contribution in [3.63, 3.8) is 0 Å². The number of hydrogen-bond donors (Lipinski definition) is 1. The third-order valence-electron chi connectivity index (χ3n) is 6.75. The molecule has 0 saturated heterocycles. The quantitative estimate of drug-likeness (QED) is 0.347. The van der Waals surface area contributed by atoms with Crippen LogP contribution in [0.5, 0.6) is 5.75 Å². The fourth-order valence-corrected chi connectivity index (χ4v) is 4.60. The summed E-state index contributed by atoms with van der Waals surface area (Å²) in [5.41, 5.74) is 7.42. The molecule has 1 aliphatic carbocycles. The maximum absolute atomic E-state index is 10.7. The van der Waals surface area contributed by atoms with Crippen molar-refractivity contribution in [1.82, 2.24) is 0 Å². The average molecular weight is 523 g/mol. The van der Waals surface area contributed by atoms with E-state index in [9.17, 15) is 9.90 Å². The van der Waals surface area contributed by atoms with Gasteiger partial charge in [-0.05, 0) is 80.3 Å². The van der Waals surface area contributed by atoms with E-state index >= 15 is 0 Å². The number of rotatable bonds is 8. The van der Waals surface area contributed by atoms with Crippen LogP contribution >= 0.6 is 0 Å². The number of nitrogens with zero attached hydrogens (tertiary/aromatic N) is 2. The molecule has 39 heavy (non-hydrogen) atoms. The predicted octanol–water partition coefficient (Wildman–Crippen LogP) is 6.41. The summed E-state index contributed by atoms with van der Waals surface area (Å²) >= 11 is 0. The number of carboxylic acid groups (broad SMARTS) is 1. The minimum absolute atomic E-state index is 0.178. The lowest BCUT2D eigenvalue weighted by molar-refractivity contribution is -0.519. The first-order chi connectivity index (χ1) is 18.9. The molecule has 0 aliphatic heterocycles. The Morgan fingerprint density at radius 1 is 0.744 bits per heavy atom. The molecule has 3 aromatic rings. The van der Waals surface area contributed by atoms with E-state index in [1.807, 2.05) is 0 Å². The molecule has 0 radical (unpaired) electrons. The molecule has 4 rings (SSSR count). The topological polar surface area (TPSA) is 66.6 Å². The average Bonchev–Trinajstić information content (AvgIpc) is 2.97. The molecular weight excluding hydrogens is 484 g/mol. The zero-order valence-electron chi connectivity index (χ0n) is 23.3. The van der Waals surface area contributed by atoms with Crippen molar-refractivity contribution in [2.45, 2.75) is 27.7 Å². The van der Waals surface area contributed by atoms with Gasteiger partial charge in [-0.15, -0.1) is 0 Å². The van der Waals surface area contributed by atoms with Crippen LogP contribution in [0.15, 0.2) is 109 Å². The van der Waals surface area contributed by atoms with E-state index < -0.39 is 11.7 Å². The number of carbonyl (C=O) groups is 1. The van der Waals surface area contributed by atoms with Crippen LogP contribution in [-0.4, -0.2) is 47.5 Å². The highest BCUT2D eigenvalue weighted by Gasteiger charge is 2.14. The molecule has 1 N–H and O–H groups in total. The Morgan fingerprint density at radius 2 is 1.28 bits per heavy atom. The third kappa shape index (κ3) is 7.57. The van der Waals surface area contributed by atoms with E-state index in [-0.39, 0.29) is 5.56 Å². The molecule has 0 amide bonds. The van der Waals surface area contributed by atoms with Crippen molar-refractivity contribution < 1.29 is 19.6 Å². The van der Waals surface area contributed by atoms with Crippen molar-refractivity contribution in [2.75, 3.05) is 31.1 Å². The molecule has 0 atom stereocenters. The van der Waals surface area contributed by atoms with Gasteiger partial charge in [-0.2, -0.15) is 0 Å². The number of anilines is 1. The van der Waals surface area contributed by atoms with Gasteiger partial charge in [0.1, 0.15) is 13.1 Å². The van der Waals surface area contributed by atoms with Gasteiger partial charge in [0, 0.05) is 30.9 Å². The Morgan fingerprint density at radius 3 is 1.77 bits per heavy atom. The minimum Gasteiger partial charge on any atom is -0.872 e.